The van der Waals surface area contributed by atoms with E-state index in [1.54, 1.807) is 92.0 Å². The van der Waals surface area contributed by atoms with E-state index in [9.17, 15) is 18.8 Å². The number of carbonyl (C=O) groups is 2. The molecule has 0 radical (unpaired) electrons. The third-order valence-electron chi connectivity index (χ3n) is 8.18. The molecule has 208 valence electrons. The summed E-state index contributed by atoms with van der Waals surface area (Å²) in [6, 6.07) is 25.6. The Morgan fingerprint density at radius 2 is 1.62 bits per heavy atom. The molecule has 2 amide bonds. The van der Waals surface area contributed by atoms with E-state index in [0.717, 1.165) is 11.1 Å². The first kappa shape index (κ1) is 25.7. The Labute approximate surface area is 240 Å². The molecule has 0 saturated heterocycles. The first-order valence-corrected chi connectivity index (χ1v) is 13.5. The molecule has 7 nitrogen and oxygen atoms in total. The first-order chi connectivity index (χ1) is 20.3. The van der Waals surface area contributed by atoms with Gasteiger partial charge in [0.1, 0.15) is 17.1 Å². The summed E-state index contributed by atoms with van der Waals surface area (Å²) >= 11 is 0. The quantitative estimate of drug-likeness (QED) is 0.276. The number of methoxy groups -OCH3 is 1. The average Bonchev–Trinajstić information content (AvgIpc) is 3.39. The Bertz CT molecular complexity index is 1980. The maximum atomic E-state index is 14.9. The van der Waals surface area contributed by atoms with E-state index in [-0.39, 0.29) is 35.4 Å². The standard InChI is InChI=1S/C34H25FN2O5/c1-20-11-16-28-24(17-20)30(38)29-31(42-28)32(39)37(18-21-12-14-23(41-2)15-13-21)34(29)25-8-4-6-10-27(25)36(33(34)40)19-22-7-3-5-9-26(22)35/h3-17H,18-19H2,1-2H3/t34-/m1/s1. The van der Waals surface area contributed by atoms with Crippen LogP contribution >= 0.6 is 0 Å². The zero-order valence-electron chi connectivity index (χ0n) is 22.9. The Hall–Kier alpha value is -5.24. The number of carbonyl (C=O) groups excluding carboxylic acids is 2. The van der Waals surface area contributed by atoms with Gasteiger partial charge in [0.05, 0.1) is 30.3 Å². The van der Waals surface area contributed by atoms with E-state index in [4.69, 9.17) is 9.15 Å². The molecule has 0 aliphatic carbocycles. The maximum Gasteiger partial charge on any atom is 0.291 e. The summed E-state index contributed by atoms with van der Waals surface area (Å²) in [5, 5.41) is 0.282. The molecular formula is C34H25FN2O5. The van der Waals surface area contributed by atoms with E-state index >= 15 is 0 Å². The molecule has 3 heterocycles. The van der Waals surface area contributed by atoms with Gasteiger partial charge in [0.25, 0.3) is 11.8 Å². The summed E-state index contributed by atoms with van der Waals surface area (Å²) in [6.07, 6.45) is 0. The van der Waals surface area contributed by atoms with Crippen LogP contribution < -0.4 is 15.1 Å². The van der Waals surface area contributed by atoms with Gasteiger partial charge >= 0.3 is 0 Å². The Morgan fingerprint density at radius 1 is 0.881 bits per heavy atom. The lowest BCUT2D eigenvalue weighted by Crippen LogP contribution is -2.53. The monoisotopic (exact) mass is 560 g/mol. The first-order valence-electron chi connectivity index (χ1n) is 13.5. The average molecular weight is 561 g/mol. The van der Waals surface area contributed by atoms with Gasteiger partial charge < -0.3 is 19.0 Å². The largest absolute Gasteiger partial charge is 0.497 e. The van der Waals surface area contributed by atoms with Crippen molar-refractivity contribution in [3.05, 3.63) is 141 Å². The number of hydrogen-bond acceptors (Lipinski definition) is 5. The van der Waals surface area contributed by atoms with Gasteiger partial charge in [-0.3, -0.25) is 14.4 Å². The lowest BCUT2D eigenvalue weighted by molar-refractivity contribution is -0.126. The summed E-state index contributed by atoms with van der Waals surface area (Å²) < 4.78 is 26.3. The second-order valence-electron chi connectivity index (χ2n) is 10.6. The van der Waals surface area contributed by atoms with Crippen molar-refractivity contribution < 1.29 is 23.1 Å². The fraction of sp³-hybridized carbons (Fsp3) is 0.147. The van der Waals surface area contributed by atoms with Gasteiger partial charge in [-0.15, -0.1) is 0 Å². The smallest absolute Gasteiger partial charge is 0.291 e. The minimum Gasteiger partial charge on any atom is -0.497 e. The minimum absolute atomic E-state index is 0.00938. The number of anilines is 1. The van der Waals surface area contributed by atoms with Gasteiger partial charge in [-0.25, -0.2) is 4.39 Å². The zero-order chi connectivity index (χ0) is 29.2. The topological polar surface area (TPSA) is 80.1 Å². The van der Waals surface area contributed by atoms with Crippen LogP contribution in [0.25, 0.3) is 11.0 Å². The highest BCUT2D eigenvalue weighted by molar-refractivity contribution is 6.17. The van der Waals surface area contributed by atoms with Crippen LogP contribution in [0.1, 0.15) is 38.4 Å². The summed E-state index contributed by atoms with van der Waals surface area (Å²) in [5.41, 5.74) is 0.813. The number of halogens is 1. The molecule has 2 aliphatic heterocycles. The van der Waals surface area contributed by atoms with E-state index in [1.807, 2.05) is 6.92 Å². The summed E-state index contributed by atoms with van der Waals surface area (Å²) in [5.74, 6) is -1.08. The fourth-order valence-corrected chi connectivity index (χ4v) is 6.19. The lowest BCUT2D eigenvalue weighted by atomic mass is 9.83. The van der Waals surface area contributed by atoms with Crippen molar-refractivity contribution in [1.29, 1.82) is 0 Å². The third-order valence-corrected chi connectivity index (χ3v) is 8.18. The van der Waals surface area contributed by atoms with E-state index < -0.39 is 28.6 Å². The molecule has 1 atom stereocenters. The lowest BCUT2D eigenvalue weighted by Gasteiger charge is -2.34. The van der Waals surface area contributed by atoms with E-state index in [1.165, 1.54) is 15.9 Å². The molecule has 4 aromatic carbocycles. The second-order valence-corrected chi connectivity index (χ2v) is 10.6. The minimum atomic E-state index is -1.81. The van der Waals surface area contributed by atoms with Gasteiger partial charge in [-0.2, -0.15) is 0 Å². The van der Waals surface area contributed by atoms with Crippen molar-refractivity contribution >= 4 is 28.5 Å². The maximum absolute atomic E-state index is 14.9. The van der Waals surface area contributed by atoms with Crippen molar-refractivity contribution in [3.63, 3.8) is 0 Å². The molecule has 7 rings (SSSR count). The van der Waals surface area contributed by atoms with E-state index in [0.29, 0.717) is 22.6 Å². The van der Waals surface area contributed by atoms with Crippen LogP contribution in [0.4, 0.5) is 10.1 Å². The number of hydrogen-bond donors (Lipinski definition) is 0. The molecule has 0 unspecified atom stereocenters. The molecule has 0 fully saturated rings. The molecule has 42 heavy (non-hydrogen) atoms. The molecular weight excluding hydrogens is 535 g/mol. The van der Waals surface area contributed by atoms with Crippen molar-refractivity contribution in [2.24, 2.45) is 0 Å². The number of nitrogens with zero attached hydrogens (tertiary/aromatic N) is 2. The van der Waals surface area contributed by atoms with Crippen LogP contribution in [-0.4, -0.2) is 23.8 Å². The zero-order valence-corrected chi connectivity index (χ0v) is 22.9. The van der Waals surface area contributed by atoms with Crippen LogP contribution in [0.5, 0.6) is 5.75 Å². The Morgan fingerprint density at radius 3 is 2.38 bits per heavy atom. The molecule has 1 spiro atoms. The summed E-state index contributed by atoms with van der Waals surface area (Å²) in [6.45, 7) is 1.78. The van der Waals surface area contributed by atoms with Crippen molar-refractivity contribution in [2.75, 3.05) is 12.0 Å². The van der Waals surface area contributed by atoms with Crippen LogP contribution in [0, 0.1) is 12.7 Å². The number of para-hydroxylation sites is 1. The van der Waals surface area contributed by atoms with Crippen LogP contribution in [0.15, 0.2) is 100 Å². The molecule has 0 bridgehead atoms. The van der Waals surface area contributed by atoms with Crippen molar-refractivity contribution in [3.8, 4) is 5.75 Å². The molecule has 2 aliphatic rings. The highest BCUT2D eigenvalue weighted by Gasteiger charge is 2.65. The Balaban J connectivity index is 1.50. The van der Waals surface area contributed by atoms with Gasteiger partial charge in [-0.05, 0) is 48.9 Å². The second kappa shape index (κ2) is 9.41. The normalized spacial score (nSPS) is 17.3. The molecule has 0 N–H and O–H groups in total. The SMILES string of the molecule is COc1ccc(CN2C(=O)c3oc4ccc(C)cc4c(=O)c3[C@]23C(=O)N(Cc2ccccc2F)c2ccccc23)cc1. The summed E-state index contributed by atoms with van der Waals surface area (Å²) in [4.78, 5) is 46.4. The van der Waals surface area contributed by atoms with Crippen LogP contribution in [-0.2, 0) is 23.4 Å². The van der Waals surface area contributed by atoms with Crippen molar-refractivity contribution in [1.82, 2.24) is 4.90 Å². The number of aryl methyl sites for hydroxylation is 1. The van der Waals surface area contributed by atoms with Crippen LogP contribution in [0.3, 0.4) is 0 Å². The molecule has 1 aromatic heterocycles. The summed E-state index contributed by atoms with van der Waals surface area (Å²) in [7, 11) is 1.56. The third kappa shape index (κ3) is 3.54. The highest BCUT2D eigenvalue weighted by atomic mass is 19.1. The predicted molar refractivity (Wildman–Crippen MR) is 155 cm³/mol. The number of ether oxygens (including phenoxy) is 1. The predicted octanol–water partition coefficient (Wildman–Crippen LogP) is 5.70. The van der Waals surface area contributed by atoms with E-state index in [2.05, 4.69) is 0 Å². The number of amides is 2. The van der Waals surface area contributed by atoms with Gasteiger partial charge in [0, 0.05) is 17.7 Å². The van der Waals surface area contributed by atoms with Gasteiger partial charge in [0.15, 0.2) is 11.0 Å². The Kier molecular flexibility index (Phi) is 5.76. The highest BCUT2D eigenvalue weighted by Crippen LogP contribution is 2.53. The van der Waals surface area contributed by atoms with Crippen LogP contribution in [0.2, 0.25) is 0 Å². The van der Waals surface area contributed by atoms with Gasteiger partial charge in [-0.1, -0.05) is 60.2 Å². The van der Waals surface area contributed by atoms with Gasteiger partial charge in [0.2, 0.25) is 5.76 Å². The van der Waals surface area contributed by atoms with Crippen molar-refractivity contribution in [2.45, 2.75) is 25.6 Å². The fourth-order valence-electron chi connectivity index (χ4n) is 6.19. The molecule has 0 saturated carbocycles. The number of rotatable bonds is 5. The molecule has 5 aromatic rings. The number of benzene rings is 4. The number of fused-ring (bicyclic) bond motifs is 5. The molecule has 8 heteroatoms.